The lowest BCUT2D eigenvalue weighted by molar-refractivity contribution is -0.116. The third-order valence-electron chi connectivity index (χ3n) is 3.94. The zero-order valence-electron chi connectivity index (χ0n) is 18.4. The van der Waals surface area contributed by atoms with Gasteiger partial charge < -0.3 is 20.7 Å². The molecule has 0 aliphatic rings. The van der Waals surface area contributed by atoms with E-state index in [2.05, 4.69) is 30.9 Å². The van der Waals surface area contributed by atoms with Gasteiger partial charge in [-0.2, -0.15) is 0 Å². The van der Waals surface area contributed by atoms with E-state index >= 15 is 0 Å². The molecule has 0 spiro atoms. The second-order valence-corrected chi connectivity index (χ2v) is 9.21. The molecule has 0 aliphatic carbocycles. The summed E-state index contributed by atoms with van der Waals surface area (Å²) in [6, 6.07) is 9.00. The summed E-state index contributed by atoms with van der Waals surface area (Å²) >= 11 is 1.57. The van der Waals surface area contributed by atoms with Gasteiger partial charge in [-0.1, -0.05) is 0 Å². The Morgan fingerprint density at radius 2 is 1.78 bits per heavy atom. The Labute approximate surface area is 190 Å². The average molecular weight is 455 g/mol. The van der Waals surface area contributed by atoms with E-state index in [0.717, 1.165) is 21.3 Å². The van der Waals surface area contributed by atoms with Crippen molar-refractivity contribution in [2.75, 3.05) is 17.2 Å². The SMILES string of the molecule is Cc1cnc(-c2ccnc(Nc3ccc(NC(=O)CCNC(=O)OC(C)(C)C)cc3)n2)s1. The van der Waals surface area contributed by atoms with Gasteiger partial charge in [-0.3, -0.25) is 4.79 Å². The van der Waals surface area contributed by atoms with Gasteiger partial charge in [-0.05, 0) is 58.0 Å². The summed E-state index contributed by atoms with van der Waals surface area (Å²) in [5, 5.41) is 9.34. The number of nitrogens with one attached hydrogen (secondary N) is 3. The van der Waals surface area contributed by atoms with Crippen molar-refractivity contribution in [2.45, 2.75) is 39.7 Å². The van der Waals surface area contributed by atoms with Gasteiger partial charge in [0.25, 0.3) is 0 Å². The van der Waals surface area contributed by atoms with Gasteiger partial charge in [-0.15, -0.1) is 11.3 Å². The average Bonchev–Trinajstić information content (AvgIpc) is 3.15. The Balaban J connectivity index is 1.49. The van der Waals surface area contributed by atoms with Crippen LogP contribution in [0.2, 0.25) is 0 Å². The first kappa shape index (κ1) is 23.1. The lowest BCUT2D eigenvalue weighted by Crippen LogP contribution is -2.34. The van der Waals surface area contributed by atoms with Crippen LogP contribution in [0.4, 0.5) is 22.1 Å². The molecule has 0 radical (unpaired) electrons. The van der Waals surface area contributed by atoms with Gasteiger partial charge in [-0.25, -0.2) is 19.7 Å². The number of aromatic nitrogens is 3. The van der Waals surface area contributed by atoms with Crippen LogP contribution in [-0.4, -0.2) is 39.1 Å². The number of carbonyl (C=O) groups excluding carboxylic acids is 2. The molecule has 2 aromatic heterocycles. The highest BCUT2D eigenvalue weighted by molar-refractivity contribution is 7.14. The van der Waals surface area contributed by atoms with Crippen LogP contribution < -0.4 is 16.0 Å². The number of hydrogen-bond donors (Lipinski definition) is 3. The predicted molar refractivity (Wildman–Crippen MR) is 125 cm³/mol. The van der Waals surface area contributed by atoms with E-state index in [4.69, 9.17) is 4.74 Å². The Morgan fingerprint density at radius 1 is 1.06 bits per heavy atom. The number of hydrogen-bond acceptors (Lipinski definition) is 8. The Hall–Kier alpha value is -3.53. The molecule has 0 atom stereocenters. The molecule has 0 saturated heterocycles. The Bertz CT molecular complexity index is 1080. The summed E-state index contributed by atoms with van der Waals surface area (Å²) in [4.78, 5) is 37.9. The van der Waals surface area contributed by atoms with E-state index in [-0.39, 0.29) is 18.9 Å². The maximum absolute atomic E-state index is 12.1. The first-order valence-corrected chi connectivity index (χ1v) is 10.9. The summed E-state index contributed by atoms with van der Waals surface area (Å²) in [7, 11) is 0. The van der Waals surface area contributed by atoms with Crippen LogP contribution in [0.1, 0.15) is 32.1 Å². The number of benzene rings is 1. The monoisotopic (exact) mass is 454 g/mol. The fraction of sp³-hybridized carbons (Fsp3) is 0.318. The van der Waals surface area contributed by atoms with Gasteiger partial charge in [0.05, 0.1) is 0 Å². The zero-order chi connectivity index (χ0) is 23.1. The molecule has 9 nitrogen and oxygen atoms in total. The standard InChI is InChI=1S/C22H26N6O3S/c1-14-13-25-19(32-14)17-9-11-23-20(28-17)27-16-7-5-15(6-8-16)26-18(29)10-12-24-21(30)31-22(2,3)4/h5-9,11,13H,10,12H2,1-4H3,(H,24,30)(H,26,29)(H,23,27,28). The Morgan fingerprint density at radius 3 is 2.44 bits per heavy atom. The fourth-order valence-corrected chi connectivity index (χ4v) is 3.33. The van der Waals surface area contributed by atoms with Crippen LogP contribution in [0.25, 0.3) is 10.7 Å². The molecule has 0 saturated carbocycles. The van der Waals surface area contributed by atoms with Gasteiger partial charge >= 0.3 is 6.09 Å². The number of thiazole rings is 1. The maximum Gasteiger partial charge on any atom is 0.407 e. The van der Waals surface area contributed by atoms with Crippen molar-refractivity contribution >= 4 is 40.7 Å². The molecule has 3 N–H and O–H groups in total. The molecule has 0 bridgehead atoms. The normalized spacial score (nSPS) is 11.0. The van der Waals surface area contributed by atoms with Gasteiger partial charge in [0.1, 0.15) is 16.3 Å². The number of aryl methyl sites for hydroxylation is 1. The highest BCUT2D eigenvalue weighted by Gasteiger charge is 2.16. The number of rotatable bonds is 7. The smallest absolute Gasteiger partial charge is 0.407 e. The van der Waals surface area contributed by atoms with Crippen LogP contribution in [0.5, 0.6) is 0 Å². The summed E-state index contributed by atoms with van der Waals surface area (Å²) < 4.78 is 5.13. The van der Waals surface area contributed by atoms with E-state index in [0.29, 0.717) is 11.6 Å². The van der Waals surface area contributed by atoms with Crippen molar-refractivity contribution in [2.24, 2.45) is 0 Å². The molecule has 168 valence electrons. The van der Waals surface area contributed by atoms with Crippen LogP contribution in [0.15, 0.2) is 42.7 Å². The number of amides is 2. The number of anilines is 3. The molecular weight excluding hydrogens is 428 g/mol. The number of ether oxygens (including phenoxy) is 1. The molecule has 2 heterocycles. The van der Waals surface area contributed by atoms with E-state index in [1.54, 1.807) is 50.4 Å². The molecule has 2 amide bonds. The Kier molecular flexibility index (Phi) is 7.37. The third-order valence-corrected chi connectivity index (χ3v) is 4.88. The first-order chi connectivity index (χ1) is 15.2. The minimum atomic E-state index is -0.575. The van der Waals surface area contributed by atoms with Crippen molar-refractivity contribution in [3.8, 4) is 10.7 Å². The molecule has 1 aromatic carbocycles. The molecule has 3 aromatic rings. The highest BCUT2D eigenvalue weighted by Crippen LogP contribution is 2.24. The second-order valence-electron chi connectivity index (χ2n) is 7.97. The highest BCUT2D eigenvalue weighted by atomic mass is 32.1. The lowest BCUT2D eigenvalue weighted by Gasteiger charge is -2.19. The molecular formula is C22H26N6O3S. The minimum absolute atomic E-state index is 0.135. The van der Waals surface area contributed by atoms with Crippen molar-refractivity contribution in [3.05, 3.63) is 47.6 Å². The minimum Gasteiger partial charge on any atom is -0.444 e. The molecule has 0 fully saturated rings. The molecule has 32 heavy (non-hydrogen) atoms. The lowest BCUT2D eigenvalue weighted by atomic mass is 10.2. The quantitative estimate of drug-likeness (QED) is 0.481. The van der Waals surface area contributed by atoms with Crippen LogP contribution in [0.3, 0.4) is 0 Å². The largest absolute Gasteiger partial charge is 0.444 e. The number of carbonyl (C=O) groups is 2. The summed E-state index contributed by atoms with van der Waals surface area (Å²) in [6.07, 6.45) is 3.09. The fourth-order valence-electron chi connectivity index (χ4n) is 2.59. The van der Waals surface area contributed by atoms with Gasteiger partial charge in [0, 0.05) is 41.6 Å². The van der Waals surface area contributed by atoms with Gasteiger partial charge in [0.2, 0.25) is 11.9 Å². The third kappa shape index (κ3) is 7.31. The topological polar surface area (TPSA) is 118 Å². The van der Waals surface area contributed by atoms with E-state index in [1.165, 1.54) is 0 Å². The number of nitrogens with zero attached hydrogens (tertiary/aromatic N) is 3. The van der Waals surface area contributed by atoms with Crippen LogP contribution in [0, 0.1) is 6.92 Å². The van der Waals surface area contributed by atoms with Crippen molar-refractivity contribution in [1.82, 2.24) is 20.3 Å². The van der Waals surface area contributed by atoms with Crippen molar-refractivity contribution in [3.63, 3.8) is 0 Å². The van der Waals surface area contributed by atoms with E-state index < -0.39 is 11.7 Å². The van der Waals surface area contributed by atoms with Crippen molar-refractivity contribution < 1.29 is 14.3 Å². The summed E-state index contributed by atoms with van der Waals surface area (Å²) in [5.74, 6) is 0.247. The number of alkyl carbamates (subject to hydrolysis) is 1. The predicted octanol–water partition coefficient (Wildman–Crippen LogP) is 4.51. The van der Waals surface area contributed by atoms with Crippen molar-refractivity contribution in [1.29, 1.82) is 0 Å². The maximum atomic E-state index is 12.1. The molecule has 3 rings (SSSR count). The van der Waals surface area contributed by atoms with Gasteiger partial charge in [0.15, 0.2) is 0 Å². The first-order valence-electron chi connectivity index (χ1n) is 10.1. The van der Waals surface area contributed by atoms with Crippen LogP contribution >= 0.6 is 11.3 Å². The second kappa shape index (κ2) is 10.2. The summed E-state index contributed by atoms with van der Waals surface area (Å²) in [5.41, 5.74) is 1.60. The molecule has 0 unspecified atom stereocenters. The summed E-state index contributed by atoms with van der Waals surface area (Å²) in [6.45, 7) is 7.53. The van der Waals surface area contributed by atoms with E-state index in [1.807, 2.05) is 31.3 Å². The van der Waals surface area contributed by atoms with E-state index in [9.17, 15) is 9.59 Å². The van der Waals surface area contributed by atoms with Crippen LogP contribution in [-0.2, 0) is 9.53 Å². The zero-order valence-corrected chi connectivity index (χ0v) is 19.2. The molecule has 0 aliphatic heterocycles. The molecule has 10 heteroatoms.